The molecule has 2 aromatic heterocycles. The van der Waals surface area contributed by atoms with Crippen LogP contribution in [0, 0.1) is 0 Å². The molecular formula is C22H18Cl2F5N7O2. The molecule has 1 atom stereocenters. The van der Waals surface area contributed by atoms with Gasteiger partial charge in [-0.15, -0.1) is 10.2 Å². The first kappa shape index (κ1) is 27.7. The monoisotopic (exact) mass is 577 g/mol. The normalized spacial score (nSPS) is 13.2. The van der Waals surface area contributed by atoms with E-state index in [4.69, 9.17) is 28.9 Å². The quantitative estimate of drug-likeness (QED) is 0.309. The Morgan fingerprint density at radius 2 is 1.66 bits per heavy atom. The lowest BCUT2D eigenvalue weighted by molar-refractivity contribution is -0.207. The number of nitrogens with two attached hydrogens (primary N) is 1. The fraction of sp³-hybridized carbons (Fsp3) is 0.273. The number of hydrogen-bond acceptors (Lipinski definition) is 6. The molecule has 0 saturated heterocycles. The summed E-state index contributed by atoms with van der Waals surface area (Å²) in [5, 5.41) is 18.1. The van der Waals surface area contributed by atoms with Gasteiger partial charge in [0.05, 0.1) is 23.8 Å². The van der Waals surface area contributed by atoms with Crippen molar-refractivity contribution < 1.29 is 27.1 Å². The van der Waals surface area contributed by atoms with Gasteiger partial charge in [-0.05, 0) is 36.4 Å². The Kier molecular flexibility index (Phi) is 7.61. The van der Waals surface area contributed by atoms with E-state index in [0.717, 1.165) is 4.68 Å². The van der Waals surface area contributed by atoms with Gasteiger partial charge in [-0.1, -0.05) is 35.3 Å². The van der Waals surface area contributed by atoms with Crippen molar-refractivity contribution in [2.24, 2.45) is 5.73 Å². The Hall–Kier alpha value is -3.33. The van der Waals surface area contributed by atoms with Crippen LogP contribution in [-0.2, 0) is 19.0 Å². The van der Waals surface area contributed by atoms with E-state index in [1.165, 1.54) is 42.5 Å². The lowest BCUT2D eigenvalue weighted by atomic mass is 10.2. The largest absolute Gasteiger partial charge is 0.416 e. The lowest BCUT2D eigenvalue weighted by Gasteiger charge is -2.15. The Balaban J connectivity index is 1.81. The minimum absolute atomic E-state index is 0.0593. The van der Waals surface area contributed by atoms with E-state index in [-0.39, 0.29) is 27.9 Å². The maximum atomic E-state index is 14.6. The summed E-state index contributed by atoms with van der Waals surface area (Å²) < 4.78 is 70.6. The van der Waals surface area contributed by atoms with Crippen molar-refractivity contribution in [3.05, 3.63) is 80.7 Å². The Morgan fingerprint density at radius 1 is 1.00 bits per heavy atom. The molecule has 16 heteroatoms. The number of hydrogen-bond donors (Lipinski definition) is 2. The SMILES string of the molecule is NCC(F)(F)c1nc(Cn2nc(-c3ccc(Cl)cc3)n(C[C@H](O)C(F)(F)F)c2=O)nn1-c1ccccc1Cl. The predicted molar refractivity (Wildman–Crippen MR) is 127 cm³/mol. The molecule has 2 aromatic carbocycles. The van der Waals surface area contributed by atoms with Gasteiger partial charge >= 0.3 is 17.8 Å². The highest BCUT2D eigenvalue weighted by Gasteiger charge is 2.40. The van der Waals surface area contributed by atoms with E-state index in [0.29, 0.717) is 14.3 Å². The van der Waals surface area contributed by atoms with Crippen molar-refractivity contribution in [3.63, 3.8) is 0 Å². The molecule has 0 amide bonds. The fourth-order valence-electron chi connectivity index (χ4n) is 3.47. The van der Waals surface area contributed by atoms with Gasteiger partial charge in [0.1, 0.15) is 6.54 Å². The highest BCUT2D eigenvalue weighted by atomic mass is 35.5. The highest BCUT2D eigenvalue weighted by molar-refractivity contribution is 6.32. The van der Waals surface area contributed by atoms with Gasteiger partial charge in [0, 0.05) is 10.6 Å². The first-order valence-electron chi connectivity index (χ1n) is 10.8. The van der Waals surface area contributed by atoms with Crippen molar-refractivity contribution in [1.29, 1.82) is 0 Å². The van der Waals surface area contributed by atoms with Crippen molar-refractivity contribution >= 4 is 23.2 Å². The van der Waals surface area contributed by atoms with Crippen molar-refractivity contribution in [2.75, 3.05) is 6.54 Å². The summed E-state index contributed by atoms with van der Waals surface area (Å²) in [5.74, 6) is -5.05. The third kappa shape index (κ3) is 5.57. The number of alkyl halides is 5. The zero-order valence-corrected chi connectivity index (χ0v) is 20.6. The molecule has 0 spiro atoms. The fourth-order valence-corrected chi connectivity index (χ4v) is 3.81. The van der Waals surface area contributed by atoms with E-state index in [2.05, 4.69) is 15.2 Å². The Labute approximate surface area is 220 Å². The highest BCUT2D eigenvalue weighted by Crippen LogP contribution is 2.30. The van der Waals surface area contributed by atoms with Crippen LogP contribution in [0.5, 0.6) is 0 Å². The molecule has 4 rings (SSSR count). The molecule has 2 heterocycles. The second-order valence-electron chi connectivity index (χ2n) is 8.06. The molecule has 0 saturated carbocycles. The molecule has 3 N–H and O–H groups in total. The van der Waals surface area contributed by atoms with Crippen LogP contribution in [0.2, 0.25) is 10.0 Å². The molecule has 0 fully saturated rings. The van der Waals surface area contributed by atoms with Gasteiger partial charge in [0.15, 0.2) is 17.8 Å². The number of para-hydroxylation sites is 1. The Morgan fingerprint density at radius 3 is 2.26 bits per heavy atom. The second kappa shape index (κ2) is 10.4. The third-order valence-electron chi connectivity index (χ3n) is 5.36. The molecule has 0 radical (unpaired) electrons. The van der Waals surface area contributed by atoms with E-state index >= 15 is 0 Å². The van der Waals surface area contributed by atoms with Crippen molar-refractivity contribution in [3.8, 4) is 17.1 Å². The molecule has 0 bridgehead atoms. The third-order valence-corrected chi connectivity index (χ3v) is 5.94. The van der Waals surface area contributed by atoms with Crippen molar-refractivity contribution in [1.82, 2.24) is 29.1 Å². The molecular weight excluding hydrogens is 560 g/mol. The van der Waals surface area contributed by atoms with E-state index < -0.39 is 49.4 Å². The number of aliphatic hydroxyl groups is 1. The second-order valence-corrected chi connectivity index (χ2v) is 8.91. The van der Waals surface area contributed by atoms with Crippen LogP contribution >= 0.6 is 23.2 Å². The molecule has 0 aliphatic rings. The molecule has 9 nitrogen and oxygen atoms in total. The van der Waals surface area contributed by atoms with E-state index in [1.54, 1.807) is 6.07 Å². The van der Waals surface area contributed by atoms with Crippen LogP contribution in [0.3, 0.4) is 0 Å². The van der Waals surface area contributed by atoms with E-state index in [9.17, 15) is 31.9 Å². The summed E-state index contributed by atoms with van der Waals surface area (Å²) in [6, 6.07) is 11.6. The zero-order valence-electron chi connectivity index (χ0n) is 19.1. The minimum atomic E-state index is -5.02. The smallest absolute Gasteiger partial charge is 0.382 e. The number of halogens is 7. The molecule has 38 heavy (non-hydrogen) atoms. The maximum absolute atomic E-state index is 14.6. The van der Waals surface area contributed by atoms with Crippen LogP contribution in [0.4, 0.5) is 22.0 Å². The topological polar surface area (TPSA) is 117 Å². The summed E-state index contributed by atoms with van der Waals surface area (Å²) in [4.78, 5) is 16.9. The maximum Gasteiger partial charge on any atom is 0.416 e. The average Bonchev–Trinajstić information content (AvgIpc) is 3.42. The predicted octanol–water partition coefficient (Wildman–Crippen LogP) is 3.62. The molecule has 0 aliphatic carbocycles. The van der Waals surface area contributed by atoms with E-state index in [1.807, 2.05) is 0 Å². The number of aliphatic hydroxyl groups excluding tert-OH is 1. The van der Waals surface area contributed by atoms with Gasteiger partial charge in [0.2, 0.25) is 5.82 Å². The summed E-state index contributed by atoms with van der Waals surface area (Å²) in [7, 11) is 0. The number of rotatable bonds is 8. The van der Waals surface area contributed by atoms with Crippen LogP contribution in [0.15, 0.2) is 53.3 Å². The molecule has 0 aliphatic heterocycles. The summed E-state index contributed by atoms with van der Waals surface area (Å²) >= 11 is 12.0. The molecule has 202 valence electrons. The standard InChI is InChI=1S/C22H18Cl2F5N7O2/c23-13-7-5-12(6-8-13)18-33-35(20(38)34(18)9-16(37)22(27,28)29)10-17-31-19(21(25,26)11-30)36(32-17)15-4-2-1-3-14(15)24/h1-8,16,37H,9-11,30H2/t16-/m0/s1. The molecule has 0 unspecified atom stereocenters. The van der Waals surface area contributed by atoms with Crippen LogP contribution < -0.4 is 11.4 Å². The van der Waals surface area contributed by atoms with Gasteiger partial charge in [-0.2, -0.15) is 22.0 Å². The summed E-state index contributed by atoms with van der Waals surface area (Å²) in [5.41, 5.74) is 4.43. The number of aromatic nitrogens is 6. The Bertz CT molecular complexity index is 1500. The van der Waals surface area contributed by atoms with Gasteiger partial charge in [-0.3, -0.25) is 4.57 Å². The van der Waals surface area contributed by atoms with Crippen LogP contribution in [-0.4, -0.2) is 53.0 Å². The summed E-state index contributed by atoms with van der Waals surface area (Å²) in [6.45, 7) is -2.88. The van der Waals surface area contributed by atoms with Crippen molar-refractivity contribution in [2.45, 2.75) is 31.3 Å². The number of benzene rings is 2. The lowest BCUT2D eigenvalue weighted by Crippen LogP contribution is -2.37. The first-order valence-corrected chi connectivity index (χ1v) is 11.5. The summed E-state index contributed by atoms with van der Waals surface area (Å²) in [6.07, 6.45) is -7.90. The zero-order chi connectivity index (χ0) is 27.8. The van der Waals surface area contributed by atoms with Crippen LogP contribution in [0.25, 0.3) is 17.1 Å². The average molecular weight is 578 g/mol. The van der Waals surface area contributed by atoms with Gasteiger partial charge in [-0.25, -0.2) is 19.1 Å². The van der Waals surface area contributed by atoms with Gasteiger partial charge < -0.3 is 10.8 Å². The molecule has 4 aromatic rings. The first-order chi connectivity index (χ1) is 17.8. The number of nitrogens with zero attached hydrogens (tertiary/aromatic N) is 6. The minimum Gasteiger partial charge on any atom is -0.382 e. The van der Waals surface area contributed by atoms with Gasteiger partial charge in [0.25, 0.3) is 0 Å². The van der Waals surface area contributed by atoms with Crippen LogP contribution in [0.1, 0.15) is 11.6 Å².